The summed E-state index contributed by atoms with van der Waals surface area (Å²) in [7, 11) is 0. The lowest BCUT2D eigenvalue weighted by Crippen LogP contribution is -2.45. The average Bonchev–Trinajstić information content (AvgIpc) is 2.89. The maximum atomic E-state index is 5.24. The van der Waals surface area contributed by atoms with Crippen LogP contribution in [0.25, 0.3) is 0 Å². The number of aromatic nitrogens is 3. The van der Waals surface area contributed by atoms with E-state index in [9.17, 15) is 0 Å². The normalized spacial score (nSPS) is 16.9. The highest BCUT2D eigenvalue weighted by Gasteiger charge is 2.32. The summed E-state index contributed by atoms with van der Waals surface area (Å²) in [6.07, 6.45) is 1.51. The molecule has 0 bridgehead atoms. The van der Waals surface area contributed by atoms with Crippen molar-refractivity contribution in [1.82, 2.24) is 15.2 Å². The fourth-order valence-electron chi connectivity index (χ4n) is 1.86. The molecule has 6 heteroatoms. The van der Waals surface area contributed by atoms with Gasteiger partial charge >= 0.3 is 0 Å². The maximum absolute atomic E-state index is 5.24. The van der Waals surface area contributed by atoms with Gasteiger partial charge < -0.3 is 10.1 Å². The molecule has 1 aliphatic rings. The van der Waals surface area contributed by atoms with Crippen LogP contribution in [0.3, 0.4) is 0 Å². The molecule has 0 radical (unpaired) electrons. The van der Waals surface area contributed by atoms with Crippen LogP contribution in [-0.4, -0.2) is 34.9 Å². The molecule has 2 heterocycles. The molecule has 100 valence electrons. The third-order valence-corrected chi connectivity index (χ3v) is 3.98. The van der Waals surface area contributed by atoms with Crippen LogP contribution < -0.4 is 5.32 Å². The molecule has 1 fully saturated rings. The lowest BCUT2D eigenvalue weighted by Gasteiger charge is -2.38. The third kappa shape index (κ3) is 3.08. The molecule has 3 rings (SSSR count). The monoisotopic (exact) mass is 276 g/mol. The molecule has 2 aromatic rings. The average molecular weight is 276 g/mol. The van der Waals surface area contributed by atoms with E-state index in [2.05, 4.69) is 51.7 Å². The zero-order valence-electron chi connectivity index (χ0n) is 10.7. The van der Waals surface area contributed by atoms with Gasteiger partial charge in [-0.25, -0.2) is 4.98 Å². The number of anilines is 1. The van der Waals surface area contributed by atoms with Crippen LogP contribution in [0, 0.1) is 5.41 Å². The number of hydrogen-bond donors (Lipinski definition) is 2. The summed E-state index contributed by atoms with van der Waals surface area (Å²) in [5.74, 6) is 0. The number of rotatable bonds is 5. The van der Waals surface area contributed by atoms with E-state index in [1.807, 2.05) is 0 Å². The van der Waals surface area contributed by atoms with Crippen molar-refractivity contribution in [3.63, 3.8) is 0 Å². The van der Waals surface area contributed by atoms with E-state index in [-0.39, 0.29) is 5.41 Å². The number of nitrogens with zero attached hydrogens (tertiary/aromatic N) is 2. The summed E-state index contributed by atoms with van der Waals surface area (Å²) >= 11 is 1.57. The topological polar surface area (TPSA) is 62.8 Å². The van der Waals surface area contributed by atoms with Gasteiger partial charge in [0, 0.05) is 22.5 Å². The quantitative estimate of drug-likeness (QED) is 0.878. The first kappa shape index (κ1) is 12.5. The Kier molecular flexibility index (Phi) is 3.44. The molecule has 0 atom stereocenters. The zero-order chi connectivity index (χ0) is 13.1. The van der Waals surface area contributed by atoms with Crippen molar-refractivity contribution in [3.8, 4) is 0 Å². The Morgan fingerprint density at radius 2 is 2.16 bits per heavy atom. The zero-order valence-corrected chi connectivity index (χ0v) is 11.5. The second kappa shape index (κ2) is 5.22. The molecule has 0 spiro atoms. The summed E-state index contributed by atoms with van der Waals surface area (Å²) < 4.78 is 5.24. The molecule has 0 unspecified atom stereocenters. The largest absolute Gasteiger partial charge is 0.384 e. The number of hydrogen-bond acceptors (Lipinski definition) is 5. The molecule has 2 N–H and O–H groups in total. The van der Waals surface area contributed by atoms with Gasteiger partial charge in [0.25, 0.3) is 0 Å². The van der Waals surface area contributed by atoms with E-state index < -0.39 is 0 Å². The van der Waals surface area contributed by atoms with Crippen LogP contribution in [0.5, 0.6) is 0 Å². The maximum Gasteiger partial charge on any atom is 0.188 e. The fraction of sp³-hybridized carbons (Fsp3) is 0.385. The molecular formula is C13H16N4OS. The van der Waals surface area contributed by atoms with Crippen LogP contribution in [0.15, 0.2) is 40.6 Å². The minimum atomic E-state index is 0.285. The molecular weight excluding hydrogens is 260 g/mol. The molecule has 0 amide bonds. The van der Waals surface area contributed by atoms with Crippen molar-refractivity contribution >= 4 is 17.4 Å². The van der Waals surface area contributed by atoms with E-state index in [4.69, 9.17) is 4.74 Å². The van der Waals surface area contributed by atoms with Gasteiger partial charge in [-0.1, -0.05) is 18.7 Å². The Morgan fingerprint density at radius 1 is 1.37 bits per heavy atom. The van der Waals surface area contributed by atoms with Crippen LogP contribution in [0.1, 0.15) is 6.92 Å². The lowest BCUT2D eigenvalue weighted by molar-refractivity contribution is -0.0924. The van der Waals surface area contributed by atoms with Crippen LogP contribution in [0.2, 0.25) is 0 Å². The van der Waals surface area contributed by atoms with Crippen molar-refractivity contribution in [3.05, 3.63) is 30.6 Å². The molecule has 1 aromatic carbocycles. The minimum Gasteiger partial charge on any atom is -0.384 e. The van der Waals surface area contributed by atoms with E-state index in [1.54, 1.807) is 11.8 Å². The SMILES string of the molecule is CC1(CNc2ccc(Sc3ncn[nH]3)cc2)COC1. The van der Waals surface area contributed by atoms with Gasteiger partial charge in [0.2, 0.25) is 0 Å². The first-order valence-corrected chi connectivity index (χ1v) is 7.00. The number of aromatic amines is 1. The highest BCUT2D eigenvalue weighted by Crippen LogP contribution is 2.28. The van der Waals surface area contributed by atoms with Crippen molar-refractivity contribution < 1.29 is 4.74 Å². The second-order valence-electron chi connectivity index (χ2n) is 5.07. The molecule has 5 nitrogen and oxygen atoms in total. The minimum absolute atomic E-state index is 0.285. The van der Waals surface area contributed by atoms with Crippen LogP contribution in [0.4, 0.5) is 5.69 Å². The number of benzene rings is 1. The van der Waals surface area contributed by atoms with Crippen molar-refractivity contribution in [2.45, 2.75) is 17.0 Å². The summed E-state index contributed by atoms with van der Waals surface area (Å²) in [6, 6.07) is 8.33. The predicted molar refractivity (Wildman–Crippen MR) is 74.4 cm³/mol. The first-order valence-electron chi connectivity index (χ1n) is 6.18. The van der Waals surface area contributed by atoms with E-state index in [0.29, 0.717) is 0 Å². The third-order valence-electron chi connectivity index (χ3n) is 3.08. The van der Waals surface area contributed by atoms with E-state index in [1.165, 1.54) is 6.33 Å². The van der Waals surface area contributed by atoms with Gasteiger partial charge in [-0.3, -0.25) is 5.10 Å². The Morgan fingerprint density at radius 3 is 2.74 bits per heavy atom. The highest BCUT2D eigenvalue weighted by atomic mass is 32.2. The van der Waals surface area contributed by atoms with Crippen molar-refractivity contribution in [2.24, 2.45) is 5.41 Å². The van der Waals surface area contributed by atoms with Gasteiger partial charge in [-0.2, -0.15) is 5.10 Å². The number of H-pyrrole nitrogens is 1. The number of ether oxygens (including phenoxy) is 1. The summed E-state index contributed by atoms with van der Waals surface area (Å²) in [6.45, 7) is 4.87. The Balaban J connectivity index is 1.56. The van der Waals surface area contributed by atoms with Gasteiger partial charge in [0.1, 0.15) is 6.33 Å². The second-order valence-corrected chi connectivity index (χ2v) is 6.14. The Bertz CT molecular complexity index is 522. The molecule has 0 saturated carbocycles. The first-order chi connectivity index (χ1) is 9.23. The molecule has 1 aromatic heterocycles. The van der Waals surface area contributed by atoms with Crippen molar-refractivity contribution in [1.29, 1.82) is 0 Å². The summed E-state index contributed by atoms with van der Waals surface area (Å²) in [5.41, 5.74) is 1.42. The highest BCUT2D eigenvalue weighted by molar-refractivity contribution is 7.99. The molecule has 19 heavy (non-hydrogen) atoms. The standard InChI is InChI=1S/C13H16N4OS/c1-13(7-18-8-13)6-14-10-2-4-11(5-3-10)19-12-15-9-16-17-12/h2-5,9,14H,6-8H2,1H3,(H,15,16,17). The van der Waals surface area contributed by atoms with E-state index >= 15 is 0 Å². The number of nitrogens with one attached hydrogen (secondary N) is 2. The van der Waals surface area contributed by atoms with E-state index in [0.717, 1.165) is 35.5 Å². The van der Waals surface area contributed by atoms with Crippen LogP contribution >= 0.6 is 11.8 Å². The summed E-state index contributed by atoms with van der Waals surface area (Å²) in [5, 5.41) is 10.9. The van der Waals surface area contributed by atoms with Crippen molar-refractivity contribution in [2.75, 3.05) is 25.1 Å². The fourth-order valence-corrected chi connectivity index (χ4v) is 2.56. The van der Waals surface area contributed by atoms with Gasteiger partial charge in [-0.15, -0.1) is 0 Å². The lowest BCUT2D eigenvalue weighted by atomic mass is 9.89. The van der Waals surface area contributed by atoms with Crippen LogP contribution in [-0.2, 0) is 4.74 Å². The Labute approximate surface area is 116 Å². The molecule has 1 saturated heterocycles. The molecule has 1 aliphatic heterocycles. The summed E-state index contributed by atoms with van der Waals surface area (Å²) in [4.78, 5) is 5.23. The smallest absolute Gasteiger partial charge is 0.188 e. The Hall–Kier alpha value is -1.53. The molecule has 0 aliphatic carbocycles. The van der Waals surface area contributed by atoms with Gasteiger partial charge in [-0.05, 0) is 24.3 Å². The van der Waals surface area contributed by atoms with Gasteiger partial charge in [0.05, 0.1) is 13.2 Å². The predicted octanol–water partition coefficient (Wildman–Crippen LogP) is 2.40. The van der Waals surface area contributed by atoms with Gasteiger partial charge in [0.15, 0.2) is 5.16 Å².